The maximum absolute atomic E-state index is 11.1. The van der Waals surface area contributed by atoms with Crippen molar-refractivity contribution in [1.82, 2.24) is 0 Å². The summed E-state index contributed by atoms with van der Waals surface area (Å²) in [7, 11) is 0. The van der Waals surface area contributed by atoms with Gasteiger partial charge in [-0.1, -0.05) is 93.6 Å². The van der Waals surface area contributed by atoms with Crippen LogP contribution in [0.3, 0.4) is 0 Å². The van der Waals surface area contributed by atoms with Crippen LogP contribution in [0.5, 0.6) is 11.5 Å². The number of rotatable bonds is 11. The lowest BCUT2D eigenvalue weighted by Gasteiger charge is -2.46. The second-order valence-electron chi connectivity index (χ2n) is 11.5. The molecule has 3 aliphatic heterocycles. The van der Waals surface area contributed by atoms with Crippen molar-refractivity contribution >= 4 is 0 Å². The average molecular weight is 533 g/mol. The molecule has 0 saturated carbocycles. The molecule has 3 aromatic rings. The molecule has 0 aliphatic carbocycles. The van der Waals surface area contributed by atoms with E-state index < -0.39 is 5.41 Å². The zero-order valence-electron chi connectivity index (χ0n) is 23.1. The molecule has 3 aromatic carbocycles. The van der Waals surface area contributed by atoms with E-state index in [-0.39, 0.29) is 16.9 Å². The van der Waals surface area contributed by atoms with Crippen LogP contribution < -0.4 is 0 Å². The number of aromatic hydroxyl groups is 2. The van der Waals surface area contributed by atoms with Gasteiger partial charge in [0.15, 0.2) is 11.5 Å². The van der Waals surface area contributed by atoms with Crippen molar-refractivity contribution in [3.63, 3.8) is 0 Å². The summed E-state index contributed by atoms with van der Waals surface area (Å²) < 4.78 is 20.6. The van der Waals surface area contributed by atoms with Gasteiger partial charge in [0.1, 0.15) is 12.2 Å². The number of epoxide rings is 3. The van der Waals surface area contributed by atoms with Gasteiger partial charge in [-0.2, -0.15) is 0 Å². The molecule has 6 nitrogen and oxygen atoms in total. The summed E-state index contributed by atoms with van der Waals surface area (Å²) in [5.41, 5.74) is 2.81. The summed E-state index contributed by atoms with van der Waals surface area (Å²) in [6.45, 7) is 10.7. The number of hydrogen-bond donors (Lipinski definition) is 2. The van der Waals surface area contributed by atoms with Gasteiger partial charge in [-0.05, 0) is 24.0 Å². The van der Waals surface area contributed by atoms with Crippen LogP contribution in [0.15, 0.2) is 72.8 Å². The standard InChI is InChI=1S/C27H30O3.C6H10O3/c1-26(2,27(3,17-16-21-18-30-21)20-12-8-5-9-13-20)23-15-14-22(24(28)25(23)29)19-10-6-4-7-11-19;1(5-3-8-5)7-2-6-4-9-6/h4-15,21,28-29H,16-18H2,1-3H3;5-6H,1-4H2. The molecule has 39 heavy (non-hydrogen) atoms. The minimum atomic E-state index is -0.431. The van der Waals surface area contributed by atoms with Crippen LogP contribution in [-0.2, 0) is 29.8 Å². The lowest BCUT2D eigenvalue weighted by atomic mass is 9.57. The number of hydrogen-bond acceptors (Lipinski definition) is 6. The van der Waals surface area contributed by atoms with E-state index in [1.807, 2.05) is 48.5 Å². The Hall–Kier alpha value is -2.90. The Balaban J connectivity index is 0.000000287. The van der Waals surface area contributed by atoms with Crippen LogP contribution >= 0.6 is 0 Å². The van der Waals surface area contributed by atoms with Crippen molar-refractivity contribution in [3.8, 4) is 22.6 Å². The third-order valence-corrected chi connectivity index (χ3v) is 8.48. The predicted octanol–water partition coefficient (Wildman–Crippen LogP) is 5.98. The van der Waals surface area contributed by atoms with Crippen LogP contribution in [0.2, 0.25) is 0 Å². The quantitative estimate of drug-likeness (QED) is 0.233. The normalized spacial score (nSPS) is 22.8. The Morgan fingerprint density at radius 2 is 1.26 bits per heavy atom. The highest BCUT2D eigenvalue weighted by Crippen LogP contribution is 2.52. The maximum atomic E-state index is 11.1. The Morgan fingerprint density at radius 3 is 1.79 bits per heavy atom. The molecule has 6 rings (SSSR count). The van der Waals surface area contributed by atoms with Gasteiger partial charge in [0.05, 0.1) is 39.1 Å². The molecule has 0 bridgehead atoms. The van der Waals surface area contributed by atoms with Gasteiger partial charge in [-0.15, -0.1) is 0 Å². The highest BCUT2D eigenvalue weighted by Gasteiger charge is 2.46. The van der Waals surface area contributed by atoms with Gasteiger partial charge in [-0.3, -0.25) is 0 Å². The summed E-state index contributed by atoms with van der Waals surface area (Å²) in [6, 6.07) is 24.0. The van der Waals surface area contributed by atoms with Crippen molar-refractivity contribution in [1.29, 1.82) is 0 Å². The van der Waals surface area contributed by atoms with E-state index in [1.54, 1.807) is 0 Å². The SMILES string of the molecule is C(OCC1CO1)C1CO1.CC(C)(c1ccc(-c2ccccc2)c(O)c1O)C(C)(CCC1CO1)c1ccccc1. The van der Waals surface area contributed by atoms with Crippen molar-refractivity contribution in [2.75, 3.05) is 33.0 Å². The first kappa shape index (κ1) is 27.7. The zero-order valence-corrected chi connectivity index (χ0v) is 23.1. The van der Waals surface area contributed by atoms with E-state index in [9.17, 15) is 10.2 Å². The lowest BCUT2D eigenvalue weighted by molar-refractivity contribution is 0.102. The fourth-order valence-corrected chi connectivity index (χ4v) is 5.20. The van der Waals surface area contributed by atoms with Gasteiger partial charge in [0.2, 0.25) is 0 Å². The van der Waals surface area contributed by atoms with E-state index in [0.717, 1.165) is 57.0 Å². The van der Waals surface area contributed by atoms with E-state index in [0.29, 0.717) is 23.9 Å². The molecule has 3 aliphatic rings. The summed E-state index contributed by atoms with van der Waals surface area (Å²) in [5.74, 6) is -0.0982. The Kier molecular flexibility index (Phi) is 8.29. The van der Waals surface area contributed by atoms with Crippen LogP contribution in [0.4, 0.5) is 0 Å². The highest BCUT2D eigenvalue weighted by atomic mass is 16.6. The summed E-state index contributed by atoms with van der Waals surface area (Å²) in [6.07, 6.45) is 3.03. The Morgan fingerprint density at radius 1 is 0.718 bits per heavy atom. The van der Waals surface area contributed by atoms with E-state index in [4.69, 9.17) is 18.9 Å². The molecule has 3 fully saturated rings. The highest BCUT2D eigenvalue weighted by molar-refractivity contribution is 5.75. The Bertz CT molecular complexity index is 1200. The predicted molar refractivity (Wildman–Crippen MR) is 151 cm³/mol. The fraction of sp³-hybridized carbons (Fsp3) is 0.455. The van der Waals surface area contributed by atoms with Crippen LogP contribution in [-0.4, -0.2) is 61.6 Å². The number of benzene rings is 3. The van der Waals surface area contributed by atoms with Crippen molar-refractivity contribution < 1.29 is 29.2 Å². The van der Waals surface area contributed by atoms with E-state index >= 15 is 0 Å². The summed E-state index contributed by atoms with van der Waals surface area (Å²) in [4.78, 5) is 0. The smallest absolute Gasteiger partial charge is 0.165 e. The average Bonchev–Trinajstić information content (AvgIpc) is 3.80. The van der Waals surface area contributed by atoms with E-state index in [2.05, 4.69) is 45.0 Å². The largest absolute Gasteiger partial charge is 0.504 e. The van der Waals surface area contributed by atoms with Gasteiger partial charge < -0.3 is 29.2 Å². The lowest BCUT2D eigenvalue weighted by Crippen LogP contribution is -2.43. The minimum absolute atomic E-state index is 0.0359. The molecule has 0 amide bonds. The monoisotopic (exact) mass is 532 g/mol. The van der Waals surface area contributed by atoms with Gasteiger partial charge in [0, 0.05) is 22.0 Å². The van der Waals surface area contributed by atoms with Gasteiger partial charge >= 0.3 is 0 Å². The van der Waals surface area contributed by atoms with Crippen molar-refractivity contribution in [2.24, 2.45) is 0 Å². The molecule has 0 radical (unpaired) electrons. The second kappa shape index (κ2) is 11.7. The number of phenols is 2. The molecule has 6 heteroatoms. The first-order valence-corrected chi connectivity index (χ1v) is 13.9. The third kappa shape index (κ3) is 6.64. The second-order valence-corrected chi connectivity index (χ2v) is 11.5. The van der Waals surface area contributed by atoms with E-state index in [1.165, 1.54) is 5.56 Å². The fourth-order valence-electron chi connectivity index (χ4n) is 5.20. The third-order valence-electron chi connectivity index (χ3n) is 8.48. The Labute approximate surface area is 231 Å². The molecular weight excluding hydrogens is 492 g/mol. The molecule has 208 valence electrons. The topological polar surface area (TPSA) is 87.3 Å². The van der Waals surface area contributed by atoms with Crippen molar-refractivity contribution in [3.05, 3.63) is 83.9 Å². The van der Waals surface area contributed by atoms with Gasteiger partial charge in [-0.25, -0.2) is 0 Å². The van der Waals surface area contributed by atoms with Crippen LogP contribution in [0.1, 0.15) is 44.7 Å². The number of phenolic OH excluding ortho intramolecular Hbond substituents is 2. The maximum Gasteiger partial charge on any atom is 0.165 e. The summed E-state index contributed by atoms with van der Waals surface area (Å²) >= 11 is 0. The summed E-state index contributed by atoms with van der Waals surface area (Å²) in [5, 5.41) is 22.0. The molecule has 2 N–H and O–H groups in total. The molecule has 3 heterocycles. The van der Waals surface area contributed by atoms with Crippen LogP contribution in [0.25, 0.3) is 11.1 Å². The zero-order chi connectivity index (χ0) is 27.5. The molecule has 0 spiro atoms. The van der Waals surface area contributed by atoms with Crippen molar-refractivity contribution in [2.45, 2.75) is 62.8 Å². The molecule has 0 aromatic heterocycles. The molecule has 3 saturated heterocycles. The molecular formula is C33H40O6. The molecule has 4 atom stereocenters. The van der Waals surface area contributed by atoms with Gasteiger partial charge in [0.25, 0.3) is 0 Å². The number of ether oxygens (including phenoxy) is 4. The minimum Gasteiger partial charge on any atom is -0.504 e. The molecule has 4 unspecified atom stereocenters. The van der Waals surface area contributed by atoms with Crippen LogP contribution in [0, 0.1) is 0 Å². The first-order chi connectivity index (χ1) is 18.8. The first-order valence-electron chi connectivity index (χ1n) is 13.9.